The first kappa shape index (κ1) is 16.4. The molecular weight excluding hydrogens is 258 g/mol. The number of imide groups is 1. The fourth-order valence-corrected chi connectivity index (χ4v) is 2.27. The highest BCUT2D eigenvalue weighted by atomic mass is 16.5. The number of ether oxygens (including phenoxy) is 1. The van der Waals surface area contributed by atoms with Gasteiger partial charge >= 0.3 is 5.97 Å². The number of carbonyl (C=O) groups is 3. The lowest BCUT2D eigenvalue weighted by Gasteiger charge is -2.23. The molecule has 2 atom stereocenters. The predicted molar refractivity (Wildman–Crippen MR) is 74.7 cm³/mol. The molecule has 5 nitrogen and oxygen atoms in total. The number of hydrogen-bond acceptors (Lipinski definition) is 4. The maximum absolute atomic E-state index is 12.0. The summed E-state index contributed by atoms with van der Waals surface area (Å²) in [6, 6.07) is -0.813. The van der Waals surface area contributed by atoms with E-state index in [0.29, 0.717) is 18.9 Å². The molecule has 0 spiro atoms. The van der Waals surface area contributed by atoms with Gasteiger partial charge in [0.05, 0.1) is 6.61 Å². The number of hydrogen-bond donors (Lipinski definition) is 0. The minimum atomic E-state index is -0.813. The quantitative estimate of drug-likeness (QED) is 0.504. The number of rotatable bonds is 8. The maximum Gasteiger partial charge on any atom is 0.329 e. The van der Waals surface area contributed by atoms with Crippen molar-refractivity contribution in [2.45, 2.75) is 52.5 Å². The Kier molecular flexibility index (Phi) is 6.42. The second kappa shape index (κ2) is 7.82. The van der Waals surface area contributed by atoms with Gasteiger partial charge in [-0.3, -0.25) is 14.5 Å². The largest absolute Gasteiger partial charge is 0.464 e. The molecule has 1 aliphatic heterocycles. The fourth-order valence-electron chi connectivity index (χ4n) is 2.27. The topological polar surface area (TPSA) is 63.7 Å². The van der Waals surface area contributed by atoms with Crippen molar-refractivity contribution in [1.29, 1.82) is 0 Å². The van der Waals surface area contributed by atoms with E-state index in [0.717, 1.165) is 24.2 Å². The van der Waals surface area contributed by atoms with E-state index in [9.17, 15) is 14.4 Å². The summed E-state index contributed by atoms with van der Waals surface area (Å²) in [6.07, 6.45) is 5.73. The smallest absolute Gasteiger partial charge is 0.329 e. The van der Waals surface area contributed by atoms with Crippen LogP contribution in [0.1, 0.15) is 46.5 Å². The molecule has 0 saturated carbocycles. The third-order valence-electron chi connectivity index (χ3n) is 3.45. The molecular formula is C15H23NO4. The molecule has 0 bridgehead atoms. The SMILES string of the molecule is CCCC(C)CCOC(=O)C(CC)N1C(=O)C=CC1=O. The summed E-state index contributed by atoms with van der Waals surface area (Å²) in [7, 11) is 0. The van der Waals surface area contributed by atoms with Gasteiger partial charge in [-0.05, 0) is 18.8 Å². The zero-order chi connectivity index (χ0) is 15.1. The number of amides is 2. The van der Waals surface area contributed by atoms with Gasteiger partial charge in [-0.15, -0.1) is 0 Å². The zero-order valence-corrected chi connectivity index (χ0v) is 12.4. The average Bonchev–Trinajstić information content (AvgIpc) is 2.72. The minimum Gasteiger partial charge on any atom is -0.464 e. The molecule has 0 aromatic rings. The van der Waals surface area contributed by atoms with Crippen molar-refractivity contribution < 1.29 is 19.1 Å². The molecule has 1 rings (SSSR count). The lowest BCUT2D eigenvalue weighted by molar-refractivity contribution is -0.158. The van der Waals surface area contributed by atoms with E-state index in [4.69, 9.17) is 4.74 Å². The highest BCUT2D eigenvalue weighted by molar-refractivity contribution is 6.14. The summed E-state index contributed by atoms with van der Waals surface area (Å²) >= 11 is 0. The first-order chi connectivity index (χ1) is 9.51. The molecule has 0 aliphatic carbocycles. The lowest BCUT2D eigenvalue weighted by atomic mass is 10.0. The molecule has 0 N–H and O–H groups in total. The van der Waals surface area contributed by atoms with Gasteiger partial charge in [0.2, 0.25) is 0 Å². The Bertz CT molecular complexity index is 385. The van der Waals surface area contributed by atoms with Crippen LogP contribution in [0.25, 0.3) is 0 Å². The van der Waals surface area contributed by atoms with Crippen LogP contribution in [0.4, 0.5) is 0 Å². The molecule has 5 heteroatoms. The number of carbonyl (C=O) groups excluding carboxylic acids is 3. The highest BCUT2D eigenvalue weighted by Gasteiger charge is 2.35. The van der Waals surface area contributed by atoms with Crippen molar-refractivity contribution in [3.05, 3.63) is 12.2 Å². The van der Waals surface area contributed by atoms with Crippen molar-refractivity contribution in [1.82, 2.24) is 4.90 Å². The van der Waals surface area contributed by atoms with Crippen LogP contribution in [-0.4, -0.2) is 35.3 Å². The summed E-state index contributed by atoms with van der Waals surface area (Å²) < 4.78 is 5.21. The van der Waals surface area contributed by atoms with Crippen molar-refractivity contribution in [2.75, 3.05) is 6.61 Å². The third-order valence-corrected chi connectivity index (χ3v) is 3.45. The van der Waals surface area contributed by atoms with Crippen molar-refractivity contribution in [2.24, 2.45) is 5.92 Å². The molecule has 0 radical (unpaired) electrons. The van der Waals surface area contributed by atoms with E-state index >= 15 is 0 Å². The van der Waals surface area contributed by atoms with Crippen molar-refractivity contribution >= 4 is 17.8 Å². The lowest BCUT2D eigenvalue weighted by Crippen LogP contribution is -2.45. The van der Waals surface area contributed by atoms with Gasteiger partial charge in [0.15, 0.2) is 0 Å². The molecule has 2 amide bonds. The van der Waals surface area contributed by atoms with Crippen molar-refractivity contribution in [3.8, 4) is 0 Å². The van der Waals surface area contributed by atoms with Gasteiger partial charge in [-0.25, -0.2) is 4.79 Å². The Balaban J connectivity index is 2.48. The molecule has 0 fully saturated rings. The van der Waals surface area contributed by atoms with E-state index < -0.39 is 23.8 Å². The molecule has 1 aliphatic rings. The number of nitrogens with zero attached hydrogens (tertiary/aromatic N) is 1. The van der Waals surface area contributed by atoms with Crippen LogP contribution in [0.2, 0.25) is 0 Å². The van der Waals surface area contributed by atoms with Gasteiger partial charge in [-0.2, -0.15) is 0 Å². The summed E-state index contributed by atoms with van der Waals surface area (Å²) in [5.41, 5.74) is 0. The Morgan fingerprint density at radius 1 is 1.20 bits per heavy atom. The van der Waals surface area contributed by atoms with Crippen LogP contribution in [0.5, 0.6) is 0 Å². The Morgan fingerprint density at radius 2 is 1.80 bits per heavy atom. The molecule has 0 aromatic heterocycles. The van der Waals surface area contributed by atoms with Gasteiger partial charge in [0.25, 0.3) is 11.8 Å². The van der Waals surface area contributed by atoms with Gasteiger partial charge in [0.1, 0.15) is 6.04 Å². The monoisotopic (exact) mass is 281 g/mol. The Hall–Kier alpha value is -1.65. The van der Waals surface area contributed by atoms with E-state index in [1.165, 1.54) is 12.2 Å². The van der Waals surface area contributed by atoms with Gasteiger partial charge in [-0.1, -0.05) is 33.6 Å². The van der Waals surface area contributed by atoms with Crippen LogP contribution in [-0.2, 0) is 19.1 Å². The predicted octanol–water partition coefficient (Wildman–Crippen LogP) is 2.06. The first-order valence-electron chi connectivity index (χ1n) is 7.23. The molecule has 112 valence electrons. The minimum absolute atomic E-state index is 0.333. The van der Waals surface area contributed by atoms with Crippen LogP contribution in [0, 0.1) is 5.92 Å². The second-order valence-corrected chi connectivity index (χ2v) is 5.15. The Morgan fingerprint density at radius 3 is 2.30 bits per heavy atom. The van der Waals surface area contributed by atoms with Crippen LogP contribution < -0.4 is 0 Å². The first-order valence-corrected chi connectivity index (χ1v) is 7.23. The standard InChI is InChI=1S/C15H23NO4/c1-4-6-11(3)9-10-20-15(19)12(5-2)16-13(17)7-8-14(16)18/h7-8,11-12H,4-6,9-10H2,1-3H3. The van der Waals surface area contributed by atoms with Crippen LogP contribution in [0.3, 0.4) is 0 Å². The normalized spacial score (nSPS) is 17.4. The van der Waals surface area contributed by atoms with Crippen molar-refractivity contribution in [3.63, 3.8) is 0 Å². The third kappa shape index (κ3) is 4.18. The zero-order valence-electron chi connectivity index (χ0n) is 12.4. The average molecular weight is 281 g/mol. The fraction of sp³-hybridized carbons (Fsp3) is 0.667. The molecule has 0 saturated heterocycles. The summed E-state index contributed by atoms with van der Waals surface area (Å²) in [4.78, 5) is 36.1. The number of esters is 1. The second-order valence-electron chi connectivity index (χ2n) is 5.15. The highest BCUT2D eigenvalue weighted by Crippen LogP contribution is 2.15. The van der Waals surface area contributed by atoms with E-state index in [1.807, 2.05) is 0 Å². The maximum atomic E-state index is 12.0. The van der Waals surface area contributed by atoms with E-state index in [2.05, 4.69) is 13.8 Å². The van der Waals surface area contributed by atoms with Gasteiger partial charge < -0.3 is 4.74 Å². The summed E-state index contributed by atoms with van der Waals surface area (Å²) in [6.45, 7) is 6.32. The molecule has 20 heavy (non-hydrogen) atoms. The summed E-state index contributed by atoms with van der Waals surface area (Å²) in [5.74, 6) is -0.887. The summed E-state index contributed by atoms with van der Waals surface area (Å²) in [5, 5.41) is 0. The van der Waals surface area contributed by atoms with E-state index in [1.54, 1.807) is 6.92 Å². The van der Waals surface area contributed by atoms with Gasteiger partial charge in [0, 0.05) is 12.2 Å². The Labute approximate surface area is 120 Å². The van der Waals surface area contributed by atoms with E-state index in [-0.39, 0.29) is 0 Å². The van der Waals surface area contributed by atoms with Crippen LogP contribution in [0.15, 0.2) is 12.2 Å². The molecule has 0 aromatic carbocycles. The molecule has 1 heterocycles. The van der Waals surface area contributed by atoms with Crippen LogP contribution >= 0.6 is 0 Å². The molecule has 2 unspecified atom stereocenters.